The van der Waals surface area contributed by atoms with Crippen LogP contribution < -0.4 is 5.63 Å². The molecule has 29 heavy (non-hydrogen) atoms. The number of nitrogens with zero attached hydrogens (tertiary/aromatic N) is 1. The summed E-state index contributed by atoms with van der Waals surface area (Å²) in [6.07, 6.45) is 2.85. The quantitative estimate of drug-likeness (QED) is 0.593. The van der Waals surface area contributed by atoms with E-state index in [0.717, 1.165) is 36.0 Å². The lowest BCUT2D eigenvalue weighted by Gasteiger charge is -2.31. The van der Waals surface area contributed by atoms with Crippen molar-refractivity contribution in [1.29, 1.82) is 0 Å². The maximum absolute atomic E-state index is 12.9. The number of aromatic hydroxyl groups is 1. The molecule has 5 heteroatoms. The third-order valence-electron chi connectivity index (χ3n) is 5.95. The highest BCUT2D eigenvalue weighted by Gasteiger charge is 2.23. The molecule has 3 aromatic rings. The van der Waals surface area contributed by atoms with Gasteiger partial charge < -0.3 is 9.52 Å². The summed E-state index contributed by atoms with van der Waals surface area (Å²) in [5.41, 5.74) is 3.24. The van der Waals surface area contributed by atoms with Crippen LogP contribution in [0.2, 0.25) is 5.02 Å². The molecule has 0 amide bonds. The molecule has 0 bridgehead atoms. The SMILES string of the molecule is Cc1c(Cc2ccccc2)c(=O)oc2c(CN3CCC[C@H](C)C3)c(O)c(Cl)cc12. The number of hydrogen-bond acceptors (Lipinski definition) is 4. The van der Waals surface area contributed by atoms with Gasteiger partial charge in [-0.15, -0.1) is 0 Å². The Morgan fingerprint density at radius 1 is 1.24 bits per heavy atom. The zero-order valence-corrected chi connectivity index (χ0v) is 17.6. The van der Waals surface area contributed by atoms with Crippen LogP contribution in [0.4, 0.5) is 0 Å². The summed E-state index contributed by atoms with van der Waals surface area (Å²) < 4.78 is 5.78. The van der Waals surface area contributed by atoms with E-state index in [-0.39, 0.29) is 11.4 Å². The molecule has 1 aliphatic heterocycles. The van der Waals surface area contributed by atoms with E-state index in [4.69, 9.17) is 16.0 Å². The Hall–Kier alpha value is -2.30. The van der Waals surface area contributed by atoms with E-state index in [1.165, 1.54) is 6.42 Å². The third-order valence-corrected chi connectivity index (χ3v) is 6.23. The molecule has 0 aliphatic carbocycles. The molecule has 1 fully saturated rings. The van der Waals surface area contributed by atoms with E-state index < -0.39 is 0 Å². The second kappa shape index (κ2) is 8.21. The molecule has 0 spiro atoms. The molecule has 2 aromatic carbocycles. The molecule has 0 radical (unpaired) electrons. The van der Waals surface area contributed by atoms with Gasteiger partial charge in [-0.2, -0.15) is 0 Å². The molecule has 1 N–H and O–H groups in total. The van der Waals surface area contributed by atoms with Gasteiger partial charge in [0.15, 0.2) is 0 Å². The number of halogens is 1. The van der Waals surface area contributed by atoms with E-state index in [2.05, 4.69) is 11.8 Å². The summed E-state index contributed by atoms with van der Waals surface area (Å²) in [5, 5.41) is 11.7. The van der Waals surface area contributed by atoms with Gasteiger partial charge in [-0.25, -0.2) is 4.79 Å². The first kappa shape index (κ1) is 20.0. The summed E-state index contributed by atoms with van der Waals surface area (Å²) in [5.74, 6) is 0.623. The lowest BCUT2D eigenvalue weighted by atomic mass is 9.97. The standard InChI is InChI=1S/C24H26ClNO3/c1-15-7-6-10-26(13-15)14-20-22(27)21(25)12-18-16(2)19(24(28)29-23(18)20)11-17-8-4-3-5-9-17/h3-5,8-9,12,15,27H,6-7,10-11,13-14H2,1-2H3/t15-/m0/s1. The first-order valence-electron chi connectivity index (χ1n) is 10.2. The minimum Gasteiger partial charge on any atom is -0.506 e. The molecule has 152 valence electrons. The minimum absolute atomic E-state index is 0.00996. The number of hydrogen-bond donors (Lipinski definition) is 1. The van der Waals surface area contributed by atoms with Crippen LogP contribution in [0, 0.1) is 12.8 Å². The van der Waals surface area contributed by atoms with Crippen LogP contribution >= 0.6 is 11.6 Å². The highest BCUT2D eigenvalue weighted by molar-refractivity contribution is 6.33. The number of likely N-dealkylation sites (tertiary alicyclic amines) is 1. The van der Waals surface area contributed by atoms with Gasteiger partial charge in [0.2, 0.25) is 0 Å². The molecular weight excluding hydrogens is 386 g/mol. The van der Waals surface area contributed by atoms with E-state index in [0.29, 0.717) is 40.6 Å². The Morgan fingerprint density at radius 3 is 2.72 bits per heavy atom. The van der Waals surface area contributed by atoms with Gasteiger partial charge in [-0.05, 0) is 49.4 Å². The fraction of sp³-hybridized carbons (Fsp3) is 0.375. The molecule has 4 rings (SSSR count). The maximum Gasteiger partial charge on any atom is 0.340 e. The maximum atomic E-state index is 12.9. The average molecular weight is 412 g/mol. The highest BCUT2D eigenvalue weighted by Crippen LogP contribution is 2.37. The van der Waals surface area contributed by atoms with Crippen LogP contribution in [0.15, 0.2) is 45.6 Å². The van der Waals surface area contributed by atoms with Crippen molar-refractivity contribution >= 4 is 22.6 Å². The number of aryl methyl sites for hydroxylation is 1. The summed E-state index contributed by atoms with van der Waals surface area (Å²) in [4.78, 5) is 15.2. The predicted molar refractivity (Wildman–Crippen MR) is 117 cm³/mol. The van der Waals surface area contributed by atoms with Crippen molar-refractivity contribution in [2.24, 2.45) is 5.92 Å². The molecule has 0 saturated carbocycles. The number of benzene rings is 2. The van der Waals surface area contributed by atoms with Crippen LogP contribution in [-0.2, 0) is 13.0 Å². The van der Waals surface area contributed by atoms with Crippen molar-refractivity contribution < 1.29 is 9.52 Å². The van der Waals surface area contributed by atoms with Gasteiger partial charge in [-0.1, -0.05) is 48.9 Å². The second-order valence-electron chi connectivity index (χ2n) is 8.20. The van der Waals surface area contributed by atoms with E-state index in [1.54, 1.807) is 6.07 Å². The number of fused-ring (bicyclic) bond motifs is 1. The second-order valence-corrected chi connectivity index (χ2v) is 8.61. The monoisotopic (exact) mass is 411 g/mol. The number of piperidine rings is 1. The van der Waals surface area contributed by atoms with Gasteiger partial charge in [0.1, 0.15) is 11.3 Å². The third kappa shape index (κ3) is 4.05. The van der Waals surface area contributed by atoms with E-state index in [9.17, 15) is 9.90 Å². The summed E-state index contributed by atoms with van der Waals surface area (Å²) in [6.45, 7) is 6.61. The molecule has 1 aromatic heterocycles. The van der Waals surface area contributed by atoms with Gasteiger partial charge in [0.05, 0.1) is 10.6 Å². The molecule has 1 saturated heterocycles. The summed E-state index contributed by atoms with van der Waals surface area (Å²) in [6, 6.07) is 11.6. The van der Waals surface area contributed by atoms with Crippen LogP contribution in [0.5, 0.6) is 5.75 Å². The topological polar surface area (TPSA) is 53.7 Å². The van der Waals surface area contributed by atoms with E-state index >= 15 is 0 Å². The lowest BCUT2D eigenvalue weighted by Crippen LogP contribution is -2.33. The first-order chi connectivity index (χ1) is 13.9. The molecule has 1 aliphatic rings. The van der Waals surface area contributed by atoms with Gasteiger partial charge in [0, 0.05) is 30.5 Å². The Labute approximate surface area is 175 Å². The smallest absolute Gasteiger partial charge is 0.340 e. The van der Waals surface area contributed by atoms with Crippen molar-refractivity contribution in [2.45, 2.75) is 39.7 Å². The fourth-order valence-corrected chi connectivity index (χ4v) is 4.57. The van der Waals surface area contributed by atoms with Crippen LogP contribution in [0.3, 0.4) is 0 Å². The van der Waals surface area contributed by atoms with Crippen molar-refractivity contribution in [3.8, 4) is 5.75 Å². The largest absolute Gasteiger partial charge is 0.506 e. The Balaban J connectivity index is 1.80. The zero-order chi connectivity index (χ0) is 20.5. The molecule has 2 heterocycles. The average Bonchev–Trinajstić information content (AvgIpc) is 2.71. The normalized spacial score (nSPS) is 17.7. The molecule has 1 atom stereocenters. The molecule has 0 unspecified atom stereocenters. The van der Waals surface area contributed by atoms with Gasteiger partial charge >= 0.3 is 5.63 Å². The number of phenols is 1. The number of rotatable bonds is 4. The minimum atomic E-state index is -0.353. The van der Waals surface area contributed by atoms with Gasteiger partial charge in [-0.3, -0.25) is 4.90 Å². The Kier molecular flexibility index (Phi) is 5.66. The zero-order valence-electron chi connectivity index (χ0n) is 16.9. The Morgan fingerprint density at radius 2 is 2.00 bits per heavy atom. The first-order valence-corrected chi connectivity index (χ1v) is 10.5. The lowest BCUT2D eigenvalue weighted by molar-refractivity contribution is 0.175. The van der Waals surface area contributed by atoms with Crippen LogP contribution in [0.1, 0.15) is 42.0 Å². The van der Waals surface area contributed by atoms with Crippen molar-refractivity contribution in [3.63, 3.8) is 0 Å². The predicted octanol–water partition coefficient (Wildman–Crippen LogP) is 5.28. The van der Waals surface area contributed by atoms with Crippen LogP contribution in [-0.4, -0.2) is 23.1 Å². The summed E-state index contributed by atoms with van der Waals surface area (Å²) >= 11 is 6.38. The molecular formula is C24H26ClNO3. The molecule has 4 nitrogen and oxygen atoms in total. The van der Waals surface area contributed by atoms with Crippen molar-refractivity contribution in [2.75, 3.05) is 13.1 Å². The number of phenolic OH excluding ortho intramolecular Hbond substituents is 1. The summed E-state index contributed by atoms with van der Waals surface area (Å²) in [7, 11) is 0. The van der Waals surface area contributed by atoms with Crippen molar-refractivity contribution in [1.82, 2.24) is 4.90 Å². The van der Waals surface area contributed by atoms with Crippen LogP contribution in [0.25, 0.3) is 11.0 Å². The van der Waals surface area contributed by atoms with E-state index in [1.807, 2.05) is 37.3 Å². The van der Waals surface area contributed by atoms with Crippen molar-refractivity contribution in [3.05, 3.63) is 74.1 Å². The Bertz CT molecular complexity index is 1090. The van der Waals surface area contributed by atoms with Gasteiger partial charge in [0.25, 0.3) is 0 Å². The highest BCUT2D eigenvalue weighted by atomic mass is 35.5. The fourth-order valence-electron chi connectivity index (χ4n) is 4.35.